The van der Waals surface area contributed by atoms with Crippen LogP contribution in [0, 0.1) is 0 Å². The van der Waals surface area contributed by atoms with Gasteiger partial charge in [0.25, 0.3) is 5.56 Å². The number of aromatic amines is 1. The maximum atomic E-state index is 12.3. The van der Waals surface area contributed by atoms with E-state index >= 15 is 0 Å². The number of aryl methyl sites for hydroxylation is 1. The molecule has 2 aromatic rings. The van der Waals surface area contributed by atoms with Crippen LogP contribution in [0.2, 0.25) is 0 Å². The highest BCUT2D eigenvalue weighted by Crippen LogP contribution is 2.06. The molecule has 2 rings (SSSR count). The predicted molar refractivity (Wildman–Crippen MR) is 74.7 cm³/mol. The van der Waals surface area contributed by atoms with Crippen molar-refractivity contribution in [3.63, 3.8) is 0 Å². The molecule has 0 bridgehead atoms. The molecule has 0 saturated heterocycles. The molecule has 2 aromatic heterocycles. The molecule has 0 atom stereocenters. The van der Waals surface area contributed by atoms with E-state index < -0.39 is 0 Å². The van der Waals surface area contributed by atoms with Gasteiger partial charge in [0.05, 0.1) is 6.54 Å². The number of nitrogens with zero attached hydrogens (tertiary/aromatic N) is 3. The number of hydrogen-bond donors (Lipinski definition) is 2. The minimum atomic E-state index is -0.359. The Hall–Kier alpha value is -1.93. The lowest BCUT2D eigenvalue weighted by molar-refractivity contribution is 0.190. The standard InChI is InChI=1S/C12H19N5O3/c1-3-16-11(18)9-10(15-8(7-13)14-9)17(12(16)19)5-4-6-20-2/h3-7,13H2,1-2H3,(H,14,15). The van der Waals surface area contributed by atoms with Crippen LogP contribution in [0.4, 0.5) is 0 Å². The lowest BCUT2D eigenvalue weighted by Crippen LogP contribution is -2.39. The minimum absolute atomic E-state index is 0.187. The lowest BCUT2D eigenvalue weighted by Gasteiger charge is -2.09. The summed E-state index contributed by atoms with van der Waals surface area (Å²) in [7, 11) is 1.60. The molecule has 8 heteroatoms. The first-order valence-corrected chi connectivity index (χ1v) is 6.55. The average molecular weight is 281 g/mol. The number of fused-ring (bicyclic) bond motifs is 1. The Balaban J connectivity index is 2.66. The van der Waals surface area contributed by atoms with Gasteiger partial charge in [-0.2, -0.15) is 0 Å². The maximum Gasteiger partial charge on any atom is 0.332 e. The quantitative estimate of drug-likeness (QED) is 0.687. The van der Waals surface area contributed by atoms with Gasteiger partial charge in [-0.15, -0.1) is 0 Å². The Morgan fingerprint density at radius 3 is 2.70 bits per heavy atom. The van der Waals surface area contributed by atoms with E-state index in [-0.39, 0.29) is 17.8 Å². The Bertz CT molecular complexity index is 712. The van der Waals surface area contributed by atoms with Crippen LogP contribution in [0.5, 0.6) is 0 Å². The summed E-state index contributed by atoms with van der Waals surface area (Å²) in [6.45, 7) is 3.24. The number of methoxy groups -OCH3 is 1. The van der Waals surface area contributed by atoms with Gasteiger partial charge < -0.3 is 15.5 Å². The summed E-state index contributed by atoms with van der Waals surface area (Å²) >= 11 is 0. The predicted octanol–water partition coefficient (Wildman–Crippen LogP) is -0.599. The van der Waals surface area contributed by atoms with E-state index in [1.807, 2.05) is 0 Å². The summed E-state index contributed by atoms with van der Waals surface area (Å²) in [5.41, 5.74) is 5.51. The lowest BCUT2D eigenvalue weighted by atomic mass is 10.4. The molecular formula is C12H19N5O3. The average Bonchev–Trinajstić information content (AvgIpc) is 2.87. The number of hydrogen-bond acceptors (Lipinski definition) is 5. The summed E-state index contributed by atoms with van der Waals surface area (Å²) in [6, 6.07) is 0. The molecule has 110 valence electrons. The second-order valence-electron chi connectivity index (χ2n) is 4.42. The summed E-state index contributed by atoms with van der Waals surface area (Å²) in [5.74, 6) is 0.492. The molecule has 2 heterocycles. The van der Waals surface area contributed by atoms with Crippen molar-refractivity contribution >= 4 is 11.2 Å². The first kappa shape index (κ1) is 14.5. The summed E-state index contributed by atoms with van der Waals surface area (Å²) < 4.78 is 7.67. The van der Waals surface area contributed by atoms with Gasteiger partial charge in [0.2, 0.25) is 0 Å². The van der Waals surface area contributed by atoms with Crippen LogP contribution in [0.25, 0.3) is 11.2 Å². The molecule has 0 unspecified atom stereocenters. The van der Waals surface area contributed by atoms with Gasteiger partial charge in [-0.3, -0.25) is 13.9 Å². The SMILES string of the molecule is CCn1c(=O)c2[nH]c(CN)nc2n(CCCOC)c1=O. The highest BCUT2D eigenvalue weighted by molar-refractivity contribution is 5.69. The maximum absolute atomic E-state index is 12.3. The third-order valence-corrected chi connectivity index (χ3v) is 3.15. The molecule has 3 N–H and O–H groups in total. The van der Waals surface area contributed by atoms with Crippen molar-refractivity contribution in [1.29, 1.82) is 0 Å². The van der Waals surface area contributed by atoms with E-state index in [1.165, 1.54) is 9.13 Å². The van der Waals surface area contributed by atoms with Crippen molar-refractivity contribution in [3.05, 3.63) is 26.7 Å². The molecule has 0 aliphatic heterocycles. The van der Waals surface area contributed by atoms with Crippen molar-refractivity contribution in [2.24, 2.45) is 5.73 Å². The van der Waals surface area contributed by atoms with E-state index in [1.54, 1.807) is 14.0 Å². The summed E-state index contributed by atoms with van der Waals surface area (Å²) in [5, 5.41) is 0. The molecule has 0 saturated carbocycles. The van der Waals surface area contributed by atoms with Gasteiger partial charge in [-0.1, -0.05) is 0 Å². The van der Waals surface area contributed by atoms with Gasteiger partial charge in [-0.25, -0.2) is 9.78 Å². The Kier molecular flexibility index (Phi) is 4.35. The van der Waals surface area contributed by atoms with Crippen LogP contribution in [-0.4, -0.2) is 32.8 Å². The zero-order valence-electron chi connectivity index (χ0n) is 11.7. The number of rotatable bonds is 6. The molecule has 20 heavy (non-hydrogen) atoms. The molecule has 0 aliphatic carbocycles. The van der Waals surface area contributed by atoms with Crippen LogP contribution >= 0.6 is 0 Å². The fourth-order valence-electron chi connectivity index (χ4n) is 2.16. The number of aromatic nitrogens is 4. The van der Waals surface area contributed by atoms with E-state index in [4.69, 9.17) is 10.5 Å². The summed E-state index contributed by atoms with van der Waals surface area (Å²) in [4.78, 5) is 31.7. The van der Waals surface area contributed by atoms with E-state index in [9.17, 15) is 9.59 Å². The smallest absolute Gasteiger partial charge is 0.332 e. The molecule has 8 nitrogen and oxygen atoms in total. The first-order valence-electron chi connectivity index (χ1n) is 6.55. The largest absolute Gasteiger partial charge is 0.385 e. The van der Waals surface area contributed by atoms with Gasteiger partial charge >= 0.3 is 5.69 Å². The molecule has 0 radical (unpaired) electrons. The number of nitrogens with two attached hydrogens (primary N) is 1. The van der Waals surface area contributed by atoms with E-state index in [2.05, 4.69) is 9.97 Å². The molecule has 0 amide bonds. The summed E-state index contributed by atoms with van der Waals surface area (Å²) in [6.07, 6.45) is 0.665. The van der Waals surface area contributed by atoms with E-state index in [0.717, 1.165) is 0 Å². The van der Waals surface area contributed by atoms with Crippen LogP contribution in [0.3, 0.4) is 0 Å². The molecule has 0 spiro atoms. The molecule has 0 aliphatic rings. The monoisotopic (exact) mass is 281 g/mol. The third-order valence-electron chi connectivity index (χ3n) is 3.15. The third kappa shape index (κ3) is 2.39. The Morgan fingerprint density at radius 1 is 1.35 bits per heavy atom. The number of nitrogens with one attached hydrogen (secondary N) is 1. The zero-order valence-corrected chi connectivity index (χ0v) is 11.7. The van der Waals surface area contributed by atoms with Crippen molar-refractivity contribution in [3.8, 4) is 0 Å². The van der Waals surface area contributed by atoms with Crippen LogP contribution in [0.15, 0.2) is 9.59 Å². The normalized spacial score (nSPS) is 11.3. The Morgan fingerprint density at radius 2 is 2.10 bits per heavy atom. The zero-order chi connectivity index (χ0) is 14.7. The second kappa shape index (κ2) is 6.02. The van der Waals surface area contributed by atoms with E-state index in [0.29, 0.717) is 43.1 Å². The van der Waals surface area contributed by atoms with Gasteiger partial charge in [0.1, 0.15) is 11.3 Å². The topological polar surface area (TPSA) is 108 Å². The highest BCUT2D eigenvalue weighted by atomic mass is 16.5. The van der Waals surface area contributed by atoms with Gasteiger partial charge in [-0.05, 0) is 13.3 Å². The number of imidazole rings is 1. The first-order chi connectivity index (χ1) is 9.63. The molecular weight excluding hydrogens is 262 g/mol. The minimum Gasteiger partial charge on any atom is -0.385 e. The number of H-pyrrole nitrogens is 1. The molecule has 0 fully saturated rings. The van der Waals surface area contributed by atoms with Crippen molar-refractivity contribution in [2.75, 3.05) is 13.7 Å². The van der Waals surface area contributed by atoms with Crippen molar-refractivity contribution in [1.82, 2.24) is 19.1 Å². The molecule has 0 aromatic carbocycles. The van der Waals surface area contributed by atoms with Crippen molar-refractivity contribution < 1.29 is 4.74 Å². The van der Waals surface area contributed by atoms with Crippen LogP contribution in [-0.2, 0) is 24.4 Å². The fraction of sp³-hybridized carbons (Fsp3) is 0.583. The Labute approximate surface area is 115 Å². The highest BCUT2D eigenvalue weighted by Gasteiger charge is 2.15. The number of ether oxygens (including phenoxy) is 1. The van der Waals surface area contributed by atoms with Gasteiger partial charge in [0.15, 0.2) is 5.65 Å². The fourth-order valence-corrected chi connectivity index (χ4v) is 2.16. The van der Waals surface area contributed by atoms with Crippen LogP contribution < -0.4 is 17.0 Å². The second-order valence-corrected chi connectivity index (χ2v) is 4.42. The van der Waals surface area contributed by atoms with Crippen LogP contribution in [0.1, 0.15) is 19.2 Å². The van der Waals surface area contributed by atoms with Gasteiger partial charge in [0, 0.05) is 26.8 Å². The van der Waals surface area contributed by atoms with Crippen molar-refractivity contribution in [2.45, 2.75) is 33.0 Å².